The SMILES string of the molecule is Cc1ccc(NC(=O)CN(C)C(=O)CCNc2ncc(C(F)(F)F)cc2Cl)nc1. The predicted molar refractivity (Wildman–Crippen MR) is 103 cm³/mol. The zero-order chi connectivity index (χ0) is 21.6. The van der Waals surface area contributed by atoms with E-state index in [1.807, 2.05) is 6.92 Å². The van der Waals surface area contributed by atoms with Crippen molar-refractivity contribution in [2.45, 2.75) is 19.5 Å². The third kappa shape index (κ3) is 6.90. The van der Waals surface area contributed by atoms with Crippen LogP contribution in [0.15, 0.2) is 30.6 Å². The molecule has 0 atom stereocenters. The second kappa shape index (κ2) is 9.55. The van der Waals surface area contributed by atoms with Crippen LogP contribution in [-0.4, -0.2) is 46.8 Å². The van der Waals surface area contributed by atoms with Crippen molar-refractivity contribution in [3.05, 3.63) is 46.7 Å². The van der Waals surface area contributed by atoms with Gasteiger partial charge in [-0.2, -0.15) is 13.2 Å². The number of rotatable bonds is 7. The maximum Gasteiger partial charge on any atom is 0.417 e. The monoisotopic (exact) mass is 429 g/mol. The molecule has 0 aromatic carbocycles. The fourth-order valence-corrected chi connectivity index (χ4v) is 2.46. The first kappa shape index (κ1) is 22.4. The van der Waals surface area contributed by atoms with Crippen molar-refractivity contribution in [3.8, 4) is 0 Å². The van der Waals surface area contributed by atoms with Crippen LogP contribution in [0.1, 0.15) is 17.5 Å². The molecule has 2 heterocycles. The van der Waals surface area contributed by atoms with E-state index < -0.39 is 17.6 Å². The molecule has 156 valence electrons. The Morgan fingerprint density at radius 2 is 1.93 bits per heavy atom. The van der Waals surface area contributed by atoms with Gasteiger partial charge in [-0.15, -0.1) is 0 Å². The molecule has 0 aliphatic heterocycles. The molecule has 0 spiro atoms. The van der Waals surface area contributed by atoms with Crippen LogP contribution in [0.3, 0.4) is 0 Å². The molecule has 29 heavy (non-hydrogen) atoms. The molecule has 0 saturated carbocycles. The first-order valence-electron chi connectivity index (χ1n) is 8.49. The van der Waals surface area contributed by atoms with Gasteiger partial charge in [0.05, 0.1) is 17.1 Å². The van der Waals surface area contributed by atoms with Crippen molar-refractivity contribution in [2.75, 3.05) is 30.8 Å². The summed E-state index contributed by atoms with van der Waals surface area (Å²) in [4.78, 5) is 33.0. The highest BCUT2D eigenvalue weighted by Gasteiger charge is 2.31. The van der Waals surface area contributed by atoms with Gasteiger partial charge in [-0.1, -0.05) is 17.7 Å². The fraction of sp³-hybridized carbons (Fsp3) is 0.333. The van der Waals surface area contributed by atoms with Crippen LogP contribution >= 0.6 is 11.6 Å². The van der Waals surface area contributed by atoms with Gasteiger partial charge < -0.3 is 15.5 Å². The van der Waals surface area contributed by atoms with Gasteiger partial charge in [-0.3, -0.25) is 9.59 Å². The number of carbonyl (C=O) groups is 2. The number of hydrogen-bond donors (Lipinski definition) is 2. The molecule has 2 aromatic heterocycles. The molecule has 7 nitrogen and oxygen atoms in total. The van der Waals surface area contributed by atoms with E-state index in [9.17, 15) is 22.8 Å². The lowest BCUT2D eigenvalue weighted by Crippen LogP contribution is -2.35. The van der Waals surface area contributed by atoms with E-state index in [0.29, 0.717) is 12.0 Å². The van der Waals surface area contributed by atoms with Crippen molar-refractivity contribution >= 4 is 35.1 Å². The molecule has 0 unspecified atom stereocenters. The standard InChI is InChI=1S/C18H19ClF3N5O2/c1-11-3-4-14(24-8-11)26-15(28)10-27(2)16(29)5-6-23-17-13(19)7-12(9-25-17)18(20,21)22/h3-4,7-9H,5-6,10H2,1-2H3,(H,23,25)(H,24,26,28). The average Bonchev–Trinajstić information content (AvgIpc) is 2.63. The minimum atomic E-state index is -4.54. The molecule has 2 amide bonds. The Bertz CT molecular complexity index is 875. The number of nitrogens with zero attached hydrogens (tertiary/aromatic N) is 3. The molecular formula is C18H19ClF3N5O2. The zero-order valence-electron chi connectivity index (χ0n) is 15.7. The highest BCUT2D eigenvalue weighted by atomic mass is 35.5. The number of carbonyl (C=O) groups excluding carboxylic acids is 2. The van der Waals surface area contributed by atoms with E-state index in [4.69, 9.17) is 11.6 Å². The van der Waals surface area contributed by atoms with E-state index >= 15 is 0 Å². The molecule has 11 heteroatoms. The number of hydrogen-bond acceptors (Lipinski definition) is 5. The van der Waals surface area contributed by atoms with Gasteiger partial charge >= 0.3 is 6.18 Å². The summed E-state index contributed by atoms with van der Waals surface area (Å²) in [5.41, 5.74) is -0.0108. The molecule has 2 rings (SSSR count). The molecule has 0 aliphatic carbocycles. The van der Waals surface area contributed by atoms with Gasteiger partial charge in [0, 0.05) is 32.4 Å². The second-order valence-corrected chi connectivity index (χ2v) is 6.65. The van der Waals surface area contributed by atoms with E-state index in [1.54, 1.807) is 18.3 Å². The highest BCUT2D eigenvalue weighted by Crippen LogP contribution is 2.32. The van der Waals surface area contributed by atoms with Crippen LogP contribution in [0.4, 0.5) is 24.8 Å². The van der Waals surface area contributed by atoms with Gasteiger partial charge in [0.15, 0.2) is 0 Å². The number of alkyl halides is 3. The molecular weight excluding hydrogens is 411 g/mol. The van der Waals surface area contributed by atoms with Crippen LogP contribution in [0.2, 0.25) is 5.02 Å². The summed E-state index contributed by atoms with van der Waals surface area (Å²) in [5, 5.41) is 5.09. The van der Waals surface area contributed by atoms with Crippen molar-refractivity contribution in [1.82, 2.24) is 14.9 Å². The Balaban J connectivity index is 1.79. The van der Waals surface area contributed by atoms with Gasteiger partial charge in [0.1, 0.15) is 11.6 Å². The second-order valence-electron chi connectivity index (χ2n) is 6.25. The largest absolute Gasteiger partial charge is 0.417 e. The van der Waals surface area contributed by atoms with E-state index in [2.05, 4.69) is 20.6 Å². The normalized spacial score (nSPS) is 11.1. The lowest BCUT2D eigenvalue weighted by molar-refractivity contribution is -0.137. The van der Waals surface area contributed by atoms with E-state index in [-0.39, 0.29) is 36.3 Å². The minimum Gasteiger partial charge on any atom is -0.368 e. The molecule has 0 saturated heterocycles. The van der Waals surface area contributed by atoms with E-state index in [0.717, 1.165) is 11.6 Å². The Hall–Kier alpha value is -2.88. The van der Waals surface area contributed by atoms with Crippen LogP contribution in [0, 0.1) is 6.92 Å². The van der Waals surface area contributed by atoms with Gasteiger partial charge in [-0.25, -0.2) is 9.97 Å². The Kier molecular flexibility index (Phi) is 7.38. The topological polar surface area (TPSA) is 87.2 Å². The minimum absolute atomic E-state index is 0.00834. The van der Waals surface area contributed by atoms with Crippen molar-refractivity contribution in [2.24, 2.45) is 0 Å². The predicted octanol–water partition coefficient (Wildman–Crippen LogP) is 3.36. The summed E-state index contributed by atoms with van der Waals surface area (Å²) < 4.78 is 37.8. The average molecular weight is 430 g/mol. The third-order valence-corrected chi connectivity index (χ3v) is 4.07. The Morgan fingerprint density at radius 1 is 1.21 bits per heavy atom. The molecule has 0 radical (unpaired) electrons. The zero-order valence-corrected chi connectivity index (χ0v) is 16.4. The molecule has 2 N–H and O–H groups in total. The highest BCUT2D eigenvalue weighted by molar-refractivity contribution is 6.33. The van der Waals surface area contributed by atoms with Gasteiger partial charge in [0.2, 0.25) is 11.8 Å². The summed E-state index contributed by atoms with van der Waals surface area (Å²) >= 11 is 5.79. The third-order valence-electron chi connectivity index (χ3n) is 3.79. The van der Waals surface area contributed by atoms with E-state index in [1.165, 1.54) is 11.9 Å². The number of halogens is 4. The van der Waals surface area contributed by atoms with Gasteiger partial charge in [-0.05, 0) is 24.6 Å². The van der Waals surface area contributed by atoms with Crippen LogP contribution in [-0.2, 0) is 15.8 Å². The Labute approximate surface area is 170 Å². The smallest absolute Gasteiger partial charge is 0.368 e. The number of aromatic nitrogens is 2. The van der Waals surface area contributed by atoms with Crippen molar-refractivity contribution in [3.63, 3.8) is 0 Å². The number of pyridine rings is 2. The molecule has 2 aromatic rings. The first-order chi connectivity index (χ1) is 13.6. The number of aryl methyl sites for hydroxylation is 1. The van der Waals surface area contributed by atoms with Crippen molar-refractivity contribution in [1.29, 1.82) is 0 Å². The van der Waals surface area contributed by atoms with Crippen LogP contribution in [0.25, 0.3) is 0 Å². The maximum atomic E-state index is 12.6. The molecule has 0 bridgehead atoms. The lowest BCUT2D eigenvalue weighted by atomic mass is 10.2. The summed E-state index contributed by atoms with van der Waals surface area (Å²) in [6.45, 7) is 1.78. The number of nitrogens with one attached hydrogen (secondary N) is 2. The van der Waals surface area contributed by atoms with Crippen LogP contribution < -0.4 is 10.6 Å². The summed E-state index contributed by atoms with van der Waals surface area (Å²) in [5.74, 6) is -0.324. The summed E-state index contributed by atoms with van der Waals surface area (Å²) in [7, 11) is 1.47. The summed E-state index contributed by atoms with van der Waals surface area (Å²) in [6.07, 6.45) is -2.28. The number of anilines is 2. The quantitative estimate of drug-likeness (QED) is 0.704. The first-order valence-corrected chi connectivity index (χ1v) is 8.87. The maximum absolute atomic E-state index is 12.6. The van der Waals surface area contributed by atoms with Gasteiger partial charge in [0.25, 0.3) is 0 Å². The number of amides is 2. The Morgan fingerprint density at radius 3 is 2.52 bits per heavy atom. The lowest BCUT2D eigenvalue weighted by Gasteiger charge is -2.17. The molecule has 0 aliphatic rings. The molecule has 0 fully saturated rings. The fourth-order valence-electron chi connectivity index (χ4n) is 2.23. The van der Waals surface area contributed by atoms with Crippen molar-refractivity contribution < 1.29 is 22.8 Å². The van der Waals surface area contributed by atoms with Crippen LogP contribution in [0.5, 0.6) is 0 Å². The summed E-state index contributed by atoms with van der Waals surface area (Å²) in [6, 6.07) is 4.21. The number of likely N-dealkylation sites (N-methyl/N-ethyl adjacent to an activating group) is 1.